The van der Waals surface area contributed by atoms with Gasteiger partial charge in [0.2, 0.25) is 5.82 Å². The first-order valence-corrected chi connectivity index (χ1v) is 22.0. The first-order chi connectivity index (χ1) is 24.1. The zero-order valence-corrected chi connectivity index (χ0v) is 36.1. The molecule has 8 unspecified atom stereocenters. The Labute approximate surface area is 318 Å². The maximum atomic E-state index is 4.72. The van der Waals surface area contributed by atoms with E-state index >= 15 is 0 Å². The predicted octanol–water partition coefficient (Wildman–Crippen LogP) is 14.8. The van der Waals surface area contributed by atoms with E-state index in [0.717, 1.165) is 65.2 Å². The Kier molecular flexibility index (Phi) is 21.9. The summed E-state index contributed by atoms with van der Waals surface area (Å²) in [6.45, 7) is 29.1. The molecule has 0 aliphatic rings. The van der Waals surface area contributed by atoms with E-state index in [4.69, 9.17) is 5.10 Å². The van der Waals surface area contributed by atoms with E-state index in [9.17, 15) is 0 Å². The van der Waals surface area contributed by atoms with Crippen LogP contribution in [0, 0.1) is 53.3 Å². The van der Waals surface area contributed by atoms with Gasteiger partial charge >= 0.3 is 0 Å². The lowest BCUT2D eigenvalue weighted by atomic mass is 9.85. The number of rotatable bonds is 29. The van der Waals surface area contributed by atoms with Crippen molar-refractivity contribution in [2.45, 2.75) is 204 Å². The Morgan fingerprint density at radius 1 is 0.451 bits per heavy atom. The van der Waals surface area contributed by atoms with Crippen molar-refractivity contribution in [2.24, 2.45) is 53.3 Å². The molecule has 4 nitrogen and oxygen atoms in total. The number of hydrogen-bond donors (Lipinski definition) is 0. The van der Waals surface area contributed by atoms with E-state index in [-0.39, 0.29) is 5.54 Å². The van der Waals surface area contributed by atoms with Crippen LogP contribution < -0.4 is 0 Å². The third kappa shape index (κ3) is 20.4. The fourth-order valence-corrected chi connectivity index (χ4v) is 7.63. The Morgan fingerprint density at radius 3 is 1.10 bits per heavy atom. The summed E-state index contributed by atoms with van der Waals surface area (Å²) in [7, 11) is 0. The maximum Gasteiger partial charge on any atom is 0.204 e. The van der Waals surface area contributed by atoms with Crippen molar-refractivity contribution < 1.29 is 0 Å². The molecule has 0 N–H and O–H groups in total. The molecule has 0 fully saturated rings. The molecule has 0 aliphatic heterocycles. The Morgan fingerprint density at radius 2 is 0.765 bits per heavy atom. The van der Waals surface area contributed by atoms with Crippen molar-refractivity contribution in [1.82, 2.24) is 20.2 Å². The van der Waals surface area contributed by atoms with Gasteiger partial charge in [0, 0.05) is 5.56 Å². The van der Waals surface area contributed by atoms with E-state index < -0.39 is 0 Å². The molecule has 0 saturated carbocycles. The highest BCUT2D eigenvalue weighted by atomic mass is 15.6. The van der Waals surface area contributed by atoms with Crippen molar-refractivity contribution in [2.75, 3.05) is 0 Å². The fourth-order valence-electron chi connectivity index (χ4n) is 7.63. The van der Waals surface area contributed by atoms with Gasteiger partial charge < -0.3 is 0 Å². The number of nitrogens with zero attached hydrogens (tertiary/aromatic N) is 4. The van der Waals surface area contributed by atoms with E-state index in [1.165, 1.54) is 109 Å². The fraction of sp³-hybridized carbons (Fsp3) is 0.851. The van der Waals surface area contributed by atoms with Crippen LogP contribution in [0.1, 0.15) is 199 Å². The van der Waals surface area contributed by atoms with Gasteiger partial charge in [0.15, 0.2) is 0 Å². The summed E-state index contributed by atoms with van der Waals surface area (Å²) in [6.07, 6.45) is 24.7. The lowest BCUT2D eigenvalue weighted by Crippen LogP contribution is -2.29. The van der Waals surface area contributed by atoms with Gasteiger partial charge in [-0.15, -0.1) is 10.2 Å². The zero-order valence-electron chi connectivity index (χ0n) is 36.1. The van der Waals surface area contributed by atoms with Crippen molar-refractivity contribution >= 4 is 0 Å². The van der Waals surface area contributed by atoms with E-state index in [0.29, 0.717) is 5.82 Å². The number of tetrazole rings is 1. The lowest BCUT2D eigenvalue weighted by molar-refractivity contribution is 0.230. The summed E-state index contributed by atoms with van der Waals surface area (Å²) in [6, 6.07) is 10.2. The highest BCUT2D eigenvalue weighted by Gasteiger charge is 2.25. The molecule has 51 heavy (non-hydrogen) atoms. The van der Waals surface area contributed by atoms with Gasteiger partial charge in [-0.1, -0.05) is 202 Å². The van der Waals surface area contributed by atoms with Gasteiger partial charge in [-0.2, -0.15) is 4.80 Å². The molecule has 0 bridgehead atoms. The Bertz CT molecular complexity index is 1120. The summed E-state index contributed by atoms with van der Waals surface area (Å²) in [5, 5.41) is 13.5. The predicted molar refractivity (Wildman–Crippen MR) is 224 cm³/mol. The molecular formula is C47H86N4. The average Bonchev–Trinajstić information content (AvgIpc) is 3.62. The summed E-state index contributed by atoms with van der Waals surface area (Å²) in [4.78, 5) is 1.83. The van der Waals surface area contributed by atoms with Crippen LogP contribution in [0.15, 0.2) is 30.3 Å². The minimum Gasteiger partial charge on any atom is -0.158 e. The Balaban J connectivity index is 1.51. The SMILES string of the molecule is CC(C)CCC(C)CCC(C)CCC(C)CCC(C)CCC(C)CCC(C)CCC(C)CCC(C)CCC(C)(C)n1nnc(-c2ccccc2)n1. The molecule has 1 aromatic heterocycles. The van der Waals surface area contributed by atoms with Crippen molar-refractivity contribution in [3.63, 3.8) is 0 Å². The minimum atomic E-state index is -0.132. The first kappa shape index (κ1) is 45.4. The number of aromatic nitrogens is 4. The largest absolute Gasteiger partial charge is 0.204 e. The lowest BCUT2D eigenvalue weighted by Gasteiger charge is -2.25. The van der Waals surface area contributed by atoms with Crippen molar-refractivity contribution in [1.29, 1.82) is 0 Å². The monoisotopic (exact) mass is 707 g/mol. The normalized spacial score (nSPS) is 17.2. The Hall–Kier alpha value is -1.71. The molecule has 0 radical (unpaired) electrons. The topological polar surface area (TPSA) is 43.6 Å². The number of benzene rings is 1. The number of hydrogen-bond acceptors (Lipinski definition) is 3. The zero-order chi connectivity index (χ0) is 37.8. The molecule has 2 rings (SSSR count). The highest BCUT2D eigenvalue weighted by molar-refractivity contribution is 5.53. The van der Waals surface area contributed by atoms with E-state index in [1.807, 2.05) is 35.1 Å². The first-order valence-electron chi connectivity index (χ1n) is 22.0. The summed E-state index contributed by atoms with van der Waals surface area (Å²) in [5.74, 6) is 8.41. The van der Waals surface area contributed by atoms with Gasteiger partial charge in [0.25, 0.3) is 0 Å². The summed E-state index contributed by atoms with van der Waals surface area (Å²) < 4.78 is 0. The molecule has 2 aromatic rings. The van der Waals surface area contributed by atoms with Crippen molar-refractivity contribution in [3.05, 3.63) is 30.3 Å². The van der Waals surface area contributed by atoms with Crippen LogP contribution in [0.4, 0.5) is 0 Å². The van der Waals surface area contributed by atoms with Gasteiger partial charge in [0.05, 0.1) is 5.54 Å². The van der Waals surface area contributed by atoms with Crippen LogP contribution in [0.25, 0.3) is 11.4 Å². The highest BCUT2D eigenvalue weighted by Crippen LogP contribution is 2.30. The molecule has 1 heterocycles. The second-order valence-electron chi connectivity index (χ2n) is 19.5. The van der Waals surface area contributed by atoms with Gasteiger partial charge in [-0.05, 0) is 85.2 Å². The van der Waals surface area contributed by atoms with Gasteiger partial charge in [0.1, 0.15) is 0 Å². The van der Waals surface area contributed by atoms with Crippen LogP contribution in [0.3, 0.4) is 0 Å². The van der Waals surface area contributed by atoms with E-state index in [1.54, 1.807) is 0 Å². The van der Waals surface area contributed by atoms with Gasteiger partial charge in [-0.3, -0.25) is 0 Å². The standard InChI is InChI=1S/C47H86N4/c1-36(2)18-19-37(3)20-21-38(4)22-23-39(5)24-25-40(6)26-27-41(7)28-29-42(8)30-31-43(9)32-33-44(10)34-35-47(11,12)51-49-46(48-50-51)45-16-14-13-15-17-45/h13-17,36-44H,18-35H2,1-12H3. The molecular weight excluding hydrogens is 621 g/mol. The molecule has 4 heteroatoms. The third-order valence-electron chi connectivity index (χ3n) is 12.5. The van der Waals surface area contributed by atoms with Crippen LogP contribution in [-0.4, -0.2) is 20.2 Å². The molecule has 1 aromatic carbocycles. The molecule has 294 valence electrons. The molecule has 0 spiro atoms. The molecule has 0 aliphatic carbocycles. The quantitative estimate of drug-likeness (QED) is 0.0846. The molecule has 8 atom stereocenters. The van der Waals surface area contributed by atoms with E-state index in [2.05, 4.69) is 93.4 Å². The third-order valence-corrected chi connectivity index (χ3v) is 12.5. The smallest absolute Gasteiger partial charge is 0.158 e. The van der Waals surface area contributed by atoms with Crippen LogP contribution >= 0.6 is 0 Å². The second-order valence-corrected chi connectivity index (χ2v) is 19.5. The van der Waals surface area contributed by atoms with Crippen LogP contribution in [0.2, 0.25) is 0 Å². The van der Waals surface area contributed by atoms with Crippen LogP contribution in [-0.2, 0) is 5.54 Å². The summed E-state index contributed by atoms with van der Waals surface area (Å²) >= 11 is 0. The minimum absolute atomic E-state index is 0.132. The molecule has 0 amide bonds. The van der Waals surface area contributed by atoms with Gasteiger partial charge in [-0.25, -0.2) is 0 Å². The molecule has 0 saturated heterocycles. The second kappa shape index (κ2) is 24.6. The van der Waals surface area contributed by atoms with Crippen LogP contribution in [0.5, 0.6) is 0 Å². The van der Waals surface area contributed by atoms with Crippen molar-refractivity contribution in [3.8, 4) is 11.4 Å². The average molecular weight is 707 g/mol. The maximum absolute atomic E-state index is 4.72. The summed E-state index contributed by atoms with van der Waals surface area (Å²) in [5.41, 5.74) is 0.891.